The first kappa shape index (κ1) is 16.2. The topological polar surface area (TPSA) is 12.4 Å². The summed E-state index contributed by atoms with van der Waals surface area (Å²) in [5.41, 5.74) is 9.87. The number of aliphatic imine (C=N–C) groups is 1. The lowest BCUT2D eigenvalue weighted by atomic mass is 9.64. The average Bonchev–Trinajstić information content (AvgIpc) is 3.21. The summed E-state index contributed by atoms with van der Waals surface area (Å²) in [6.45, 7) is 0. The van der Waals surface area contributed by atoms with E-state index in [0.29, 0.717) is 6.04 Å². The van der Waals surface area contributed by atoms with Gasteiger partial charge >= 0.3 is 0 Å². The Labute approximate surface area is 165 Å². The molecule has 0 aromatic heterocycles. The number of fused-ring (bicyclic) bond motifs is 4. The van der Waals surface area contributed by atoms with Crippen molar-refractivity contribution < 1.29 is 0 Å². The highest BCUT2D eigenvalue weighted by Gasteiger charge is 2.36. The van der Waals surface area contributed by atoms with Gasteiger partial charge in [-0.1, -0.05) is 54.5 Å². The average molecular weight is 372 g/mol. The summed E-state index contributed by atoms with van der Waals surface area (Å²) < 4.78 is 0. The van der Waals surface area contributed by atoms with E-state index in [2.05, 4.69) is 42.5 Å². The molecule has 0 saturated heterocycles. The Hall–Kier alpha value is -1.80. The fraction of sp³-hybridized carbons (Fsp3) is 0.400. The van der Waals surface area contributed by atoms with Gasteiger partial charge in [0.1, 0.15) is 0 Å². The molecule has 0 N–H and O–H groups in total. The first-order valence-corrected chi connectivity index (χ1v) is 11.5. The van der Waals surface area contributed by atoms with Crippen molar-refractivity contribution in [2.75, 3.05) is 5.75 Å². The molecule has 1 fully saturated rings. The maximum atomic E-state index is 4.72. The number of allylic oxidation sites excluding steroid dienone is 4. The van der Waals surface area contributed by atoms with Crippen LogP contribution in [0.2, 0.25) is 0 Å². The van der Waals surface area contributed by atoms with Crippen LogP contribution in [-0.4, -0.2) is 11.3 Å². The summed E-state index contributed by atoms with van der Waals surface area (Å²) in [4.78, 5) is 4.72. The van der Waals surface area contributed by atoms with Crippen LogP contribution in [0.4, 0.5) is 0 Å². The van der Waals surface area contributed by atoms with E-state index in [9.17, 15) is 0 Å². The maximum absolute atomic E-state index is 4.72. The van der Waals surface area contributed by atoms with E-state index in [1.54, 1.807) is 16.7 Å². The van der Waals surface area contributed by atoms with E-state index < -0.39 is 0 Å². The number of benzene rings is 2. The molecule has 6 rings (SSSR count). The van der Waals surface area contributed by atoms with E-state index in [1.807, 2.05) is 17.3 Å². The molecule has 2 unspecified atom stereocenters. The molecule has 0 radical (unpaired) electrons. The van der Waals surface area contributed by atoms with Crippen LogP contribution in [0.25, 0.3) is 16.3 Å². The summed E-state index contributed by atoms with van der Waals surface area (Å²) in [5, 5.41) is 2.91. The third kappa shape index (κ3) is 2.49. The van der Waals surface area contributed by atoms with Crippen molar-refractivity contribution in [3.8, 4) is 0 Å². The minimum absolute atomic E-state index is 0.326. The normalized spacial score (nSPS) is 27.0. The van der Waals surface area contributed by atoms with Gasteiger partial charge in [0.05, 0.1) is 11.6 Å². The molecule has 1 aliphatic heterocycles. The Bertz CT molecular complexity index is 1010. The lowest BCUT2D eigenvalue weighted by Crippen LogP contribution is -2.29. The standard InChI is InChI=1S/C25H25NS/c1-2-8-18-17(7-1)21-12-11-20-19(24(21)13-23(18)16-5-3-6-16)9-4-10-22(20)25-14-27-15-26-25/h1,4,7,9-12,15-16,23,25H,2-3,5-6,8,13-14H2. The maximum Gasteiger partial charge on any atom is 0.0855 e. The van der Waals surface area contributed by atoms with Crippen LogP contribution in [-0.2, 0) is 6.42 Å². The summed E-state index contributed by atoms with van der Waals surface area (Å²) >= 11 is 1.84. The van der Waals surface area contributed by atoms with Crippen molar-refractivity contribution in [3.63, 3.8) is 0 Å². The molecule has 1 heterocycles. The quantitative estimate of drug-likeness (QED) is 0.570. The summed E-state index contributed by atoms with van der Waals surface area (Å²) in [6, 6.07) is 12.0. The number of hydrogen-bond acceptors (Lipinski definition) is 2. The molecular formula is C25H25NS. The van der Waals surface area contributed by atoms with Gasteiger partial charge in [-0.05, 0) is 77.0 Å². The van der Waals surface area contributed by atoms with Crippen LogP contribution < -0.4 is 0 Å². The monoisotopic (exact) mass is 371 g/mol. The molecular weight excluding hydrogens is 346 g/mol. The highest BCUT2D eigenvalue weighted by Crippen LogP contribution is 2.49. The molecule has 1 nitrogen and oxygen atoms in total. The van der Waals surface area contributed by atoms with Gasteiger partial charge in [-0.2, -0.15) is 0 Å². The predicted octanol–water partition coefficient (Wildman–Crippen LogP) is 6.73. The number of nitrogens with zero attached hydrogens (tertiary/aromatic N) is 1. The van der Waals surface area contributed by atoms with Crippen molar-refractivity contribution in [3.05, 3.63) is 64.7 Å². The molecule has 0 amide bonds. The number of rotatable bonds is 2. The predicted molar refractivity (Wildman–Crippen MR) is 117 cm³/mol. The van der Waals surface area contributed by atoms with Crippen molar-refractivity contribution >= 4 is 33.7 Å². The molecule has 27 heavy (non-hydrogen) atoms. The van der Waals surface area contributed by atoms with Crippen molar-refractivity contribution in [1.82, 2.24) is 0 Å². The van der Waals surface area contributed by atoms with E-state index in [1.165, 1.54) is 60.4 Å². The van der Waals surface area contributed by atoms with Crippen LogP contribution in [0.15, 0.2) is 53.0 Å². The Morgan fingerprint density at radius 3 is 2.81 bits per heavy atom. The Morgan fingerprint density at radius 1 is 1.04 bits per heavy atom. The Morgan fingerprint density at radius 2 is 2.00 bits per heavy atom. The lowest BCUT2D eigenvalue weighted by molar-refractivity contribution is 0.227. The van der Waals surface area contributed by atoms with Crippen molar-refractivity contribution in [2.45, 2.75) is 44.6 Å². The minimum Gasteiger partial charge on any atom is -0.277 e. The van der Waals surface area contributed by atoms with Crippen LogP contribution in [0.1, 0.15) is 54.8 Å². The van der Waals surface area contributed by atoms with Gasteiger partial charge in [0, 0.05) is 5.75 Å². The largest absolute Gasteiger partial charge is 0.277 e. The van der Waals surface area contributed by atoms with Gasteiger partial charge in [-0.3, -0.25) is 4.99 Å². The van der Waals surface area contributed by atoms with E-state index in [-0.39, 0.29) is 0 Å². The van der Waals surface area contributed by atoms with Crippen LogP contribution >= 0.6 is 11.8 Å². The van der Waals surface area contributed by atoms with Gasteiger partial charge < -0.3 is 0 Å². The molecule has 3 aliphatic carbocycles. The second-order valence-corrected chi connectivity index (χ2v) is 9.40. The second kappa shape index (κ2) is 6.38. The molecule has 0 spiro atoms. The van der Waals surface area contributed by atoms with Gasteiger partial charge in [0.15, 0.2) is 0 Å². The third-order valence-corrected chi connectivity index (χ3v) is 8.01. The molecule has 2 heteroatoms. The molecule has 136 valence electrons. The summed E-state index contributed by atoms with van der Waals surface area (Å²) in [6.07, 6.45) is 12.9. The van der Waals surface area contributed by atoms with Crippen molar-refractivity contribution in [2.24, 2.45) is 16.8 Å². The lowest BCUT2D eigenvalue weighted by Gasteiger charge is -2.41. The SMILES string of the molecule is C1=CC2=C(CC1)C(C1CCC1)Cc1c2ccc2c(C3CSC=N3)cccc12. The fourth-order valence-electron chi connectivity index (χ4n) is 5.64. The van der Waals surface area contributed by atoms with Crippen LogP contribution in [0.5, 0.6) is 0 Å². The third-order valence-electron chi connectivity index (χ3n) is 7.23. The smallest absolute Gasteiger partial charge is 0.0855 e. The zero-order valence-corrected chi connectivity index (χ0v) is 16.5. The van der Waals surface area contributed by atoms with Gasteiger partial charge in [-0.25, -0.2) is 0 Å². The van der Waals surface area contributed by atoms with Crippen LogP contribution in [0, 0.1) is 11.8 Å². The van der Waals surface area contributed by atoms with Gasteiger partial charge in [-0.15, -0.1) is 11.8 Å². The first-order chi connectivity index (χ1) is 13.4. The number of thioether (sulfide) groups is 1. The molecule has 2 aromatic carbocycles. The number of hydrogen-bond donors (Lipinski definition) is 0. The first-order valence-electron chi connectivity index (χ1n) is 10.5. The zero-order valence-electron chi connectivity index (χ0n) is 15.7. The Balaban J connectivity index is 1.55. The van der Waals surface area contributed by atoms with E-state index >= 15 is 0 Å². The highest BCUT2D eigenvalue weighted by atomic mass is 32.2. The molecule has 2 atom stereocenters. The van der Waals surface area contributed by atoms with E-state index in [4.69, 9.17) is 4.99 Å². The van der Waals surface area contributed by atoms with Gasteiger partial charge in [0.25, 0.3) is 0 Å². The Kier molecular flexibility index (Phi) is 3.82. The molecule has 0 bridgehead atoms. The second-order valence-electron chi connectivity index (χ2n) is 8.52. The van der Waals surface area contributed by atoms with Gasteiger partial charge in [0.2, 0.25) is 0 Å². The zero-order chi connectivity index (χ0) is 17.8. The minimum atomic E-state index is 0.326. The van der Waals surface area contributed by atoms with Crippen molar-refractivity contribution in [1.29, 1.82) is 0 Å². The van der Waals surface area contributed by atoms with Crippen LogP contribution in [0.3, 0.4) is 0 Å². The fourth-order valence-corrected chi connectivity index (χ4v) is 6.40. The van der Waals surface area contributed by atoms with E-state index in [0.717, 1.165) is 17.6 Å². The summed E-state index contributed by atoms with van der Waals surface area (Å²) in [7, 11) is 0. The molecule has 4 aliphatic rings. The molecule has 1 saturated carbocycles. The highest BCUT2D eigenvalue weighted by molar-refractivity contribution is 8.12. The summed E-state index contributed by atoms with van der Waals surface area (Å²) in [5.74, 6) is 2.78. The molecule has 2 aromatic rings.